The van der Waals surface area contributed by atoms with Gasteiger partial charge in [-0.2, -0.15) is 0 Å². The van der Waals surface area contributed by atoms with Crippen LogP contribution in [0.3, 0.4) is 0 Å². The molecule has 0 radical (unpaired) electrons. The molecule has 1 heterocycles. The molecule has 1 aromatic heterocycles. The van der Waals surface area contributed by atoms with Gasteiger partial charge in [0.15, 0.2) is 0 Å². The minimum Gasteiger partial charge on any atom is -0.340 e. The van der Waals surface area contributed by atoms with Crippen LogP contribution in [-0.4, -0.2) is 9.55 Å². The SMILES string of the molecule is Cn1cnc(/C=C2/CCc3ccc(Br)cc32)c1. The topological polar surface area (TPSA) is 17.8 Å². The molecule has 0 amide bonds. The van der Waals surface area contributed by atoms with Crippen LogP contribution >= 0.6 is 15.9 Å². The van der Waals surface area contributed by atoms with E-state index in [0.717, 1.165) is 23.0 Å². The molecule has 17 heavy (non-hydrogen) atoms. The van der Waals surface area contributed by atoms with Gasteiger partial charge in [0.25, 0.3) is 0 Å². The summed E-state index contributed by atoms with van der Waals surface area (Å²) in [5.74, 6) is 0. The minimum atomic E-state index is 1.04. The zero-order valence-corrected chi connectivity index (χ0v) is 11.2. The average molecular weight is 289 g/mol. The van der Waals surface area contributed by atoms with Crippen LogP contribution in [0.15, 0.2) is 35.2 Å². The Hall–Kier alpha value is -1.35. The van der Waals surface area contributed by atoms with Crippen molar-refractivity contribution in [2.24, 2.45) is 7.05 Å². The molecule has 0 aliphatic heterocycles. The first kappa shape index (κ1) is 10.8. The molecule has 1 aromatic carbocycles. The molecule has 2 aromatic rings. The molecular weight excluding hydrogens is 276 g/mol. The van der Waals surface area contributed by atoms with Gasteiger partial charge in [0, 0.05) is 17.7 Å². The van der Waals surface area contributed by atoms with E-state index >= 15 is 0 Å². The summed E-state index contributed by atoms with van der Waals surface area (Å²) in [5.41, 5.74) is 5.23. The van der Waals surface area contributed by atoms with Crippen LogP contribution < -0.4 is 0 Å². The molecule has 0 N–H and O–H groups in total. The summed E-state index contributed by atoms with van der Waals surface area (Å²) >= 11 is 3.53. The number of aromatic nitrogens is 2. The Balaban J connectivity index is 2.03. The Morgan fingerprint density at radius 3 is 3.00 bits per heavy atom. The van der Waals surface area contributed by atoms with Crippen LogP contribution in [0, 0.1) is 0 Å². The lowest BCUT2D eigenvalue weighted by atomic mass is 10.1. The monoisotopic (exact) mass is 288 g/mol. The predicted molar refractivity (Wildman–Crippen MR) is 73.5 cm³/mol. The number of allylic oxidation sites excluding steroid dienone is 1. The number of rotatable bonds is 1. The first-order valence-corrected chi connectivity index (χ1v) is 6.49. The quantitative estimate of drug-likeness (QED) is 0.783. The number of fused-ring (bicyclic) bond motifs is 1. The van der Waals surface area contributed by atoms with E-state index in [0.29, 0.717) is 0 Å². The summed E-state index contributed by atoms with van der Waals surface area (Å²) in [6.45, 7) is 0. The third kappa shape index (κ3) is 2.07. The van der Waals surface area contributed by atoms with Crippen molar-refractivity contribution in [3.63, 3.8) is 0 Å². The number of aryl methyl sites for hydroxylation is 2. The van der Waals surface area contributed by atoms with E-state index in [9.17, 15) is 0 Å². The zero-order chi connectivity index (χ0) is 11.8. The molecular formula is C14H13BrN2. The van der Waals surface area contributed by atoms with E-state index in [1.807, 2.05) is 24.1 Å². The first-order chi connectivity index (χ1) is 8.22. The van der Waals surface area contributed by atoms with E-state index in [2.05, 4.69) is 45.2 Å². The van der Waals surface area contributed by atoms with Crippen molar-refractivity contribution in [2.45, 2.75) is 12.8 Å². The Bertz CT molecular complexity index is 596. The average Bonchev–Trinajstić information content (AvgIpc) is 2.87. The maximum absolute atomic E-state index is 4.35. The van der Waals surface area contributed by atoms with Crippen LogP contribution in [0.25, 0.3) is 11.6 Å². The third-order valence-electron chi connectivity index (χ3n) is 3.13. The lowest BCUT2D eigenvalue weighted by Gasteiger charge is -2.01. The van der Waals surface area contributed by atoms with Crippen molar-refractivity contribution < 1.29 is 0 Å². The molecule has 3 rings (SSSR count). The van der Waals surface area contributed by atoms with Crippen molar-refractivity contribution in [1.82, 2.24) is 9.55 Å². The van der Waals surface area contributed by atoms with Crippen molar-refractivity contribution in [3.05, 3.63) is 52.0 Å². The van der Waals surface area contributed by atoms with Crippen LogP contribution in [0.1, 0.15) is 23.2 Å². The Morgan fingerprint density at radius 1 is 1.35 bits per heavy atom. The molecule has 0 saturated carbocycles. The van der Waals surface area contributed by atoms with E-state index in [1.54, 1.807) is 0 Å². The highest BCUT2D eigenvalue weighted by Gasteiger charge is 2.16. The van der Waals surface area contributed by atoms with Crippen LogP contribution in [0.2, 0.25) is 0 Å². The Labute approximate surface area is 109 Å². The lowest BCUT2D eigenvalue weighted by molar-refractivity contribution is 0.913. The number of halogens is 1. The minimum absolute atomic E-state index is 1.04. The van der Waals surface area contributed by atoms with Crippen LogP contribution in [0.5, 0.6) is 0 Å². The molecule has 0 bridgehead atoms. The number of hydrogen-bond acceptors (Lipinski definition) is 1. The predicted octanol–water partition coefficient (Wildman–Crippen LogP) is 3.67. The molecule has 0 spiro atoms. The fourth-order valence-corrected chi connectivity index (χ4v) is 2.67. The Kier molecular flexibility index (Phi) is 2.63. The second-order valence-electron chi connectivity index (χ2n) is 4.44. The molecule has 0 fully saturated rings. The standard InChI is InChI=1S/C14H13BrN2/c1-17-8-13(16-9-17)6-11-3-2-10-4-5-12(15)7-14(10)11/h4-9H,2-3H2,1H3/b11-6-. The van der Waals surface area contributed by atoms with Crippen molar-refractivity contribution in [3.8, 4) is 0 Å². The van der Waals surface area contributed by atoms with Gasteiger partial charge in [0.05, 0.1) is 12.0 Å². The molecule has 0 atom stereocenters. The van der Waals surface area contributed by atoms with Gasteiger partial charge < -0.3 is 4.57 Å². The van der Waals surface area contributed by atoms with Crippen molar-refractivity contribution in [2.75, 3.05) is 0 Å². The summed E-state index contributed by atoms with van der Waals surface area (Å²) in [5, 5.41) is 0. The number of nitrogens with zero attached hydrogens (tertiary/aromatic N) is 2. The second kappa shape index (κ2) is 4.15. The number of hydrogen-bond donors (Lipinski definition) is 0. The van der Waals surface area contributed by atoms with Crippen LogP contribution in [0.4, 0.5) is 0 Å². The first-order valence-electron chi connectivity index (χ1n) is 5.70. The van der Waals surface area contributed by atoms with Crippen LogP contribution in [-0.2, 0) is 13.5 Å². The van der Waals surface area contributed by atoms with Gasteiger partial charge in [0.2, 0.25) is 0 Å². The molecule has 1 aliphatic rings. The molecule has 0 saturated heterocycles. The summed E-state index contributed by atoms with van der Waals surface area (Å²) in [6, 6.07) is 6.53. The largest absolute Gasteiger partial charge is 0.340 e. The van der Waals surface area contributed by atoms with Gasteiger partial charge in [-0.25, -0.2) is 4.98 Å². The van der Waals surface area contributed by atoms with E-state index in [1.165, 1.54) is 16.7 Å². The van der Waals surface area contributed by atoms with Crippen molar-refractivity contribution in [1.29, 1.82) is 0 Å². The highest BCUT2D eigenvalue weighted by molar-refractivity contribution is 9.10. The molecule has 3 heteroatoms. The fourth-order valence-electron chi connectivity index (χ4n) is 2.31. The normalized spacial score (nSPS) is 16.5. The summed E-state index contributed by atoms with van der Waals surface area (Å²) < 4.78 is 3.12. The van der Waals surface area contributed by atoms with Gasteiger partial charge in [-0.1, -0.05) is 22.0 Å². The zero-order valence-electron chi connectivity index (χ0n) is 9.65. The molecule has 1 aliphatic carbocycles. The maximum atomic E-state index is 4.35. The second-order valence-corrected chi connectivity index (χ2v) is 5.35. The summed E-state index contributed by atoms with van der Waals surface area (Å²) in [6.07, 6.45) is 8.33. The van der Waals surface area contributed by atoms with E-state index in [-0.39, 0.29) is 0 Å². The van der Waals surface area contributed by atoms with Gasteiger partial charge in [-0.05, 0) is 47.8 Å². The van der Waals surface area contributed by atoms with E-state index in [4.69, 9.17) is 0 Å². The van der Waals surface area contributed by atoms with Crippen molar-refractivity contribution >= 4 is 27.6 Å². The Morgan fingerprint density at radius 2 is 2.24 bits per heavy atom. The third-order valence-corrected chi connectivity index (χ3v) is 3.62. The number of imidazole rings is 1. The highest BCUT2D eigenvalue weighted by Crippen LogP contribution is 2.35. The van der Waals surface area contributed by atoms with E-state index < -0.39 is 0 Å². The fraction of sp³-hybridized carbons (Fsp3) is 0.214. The van der Waals surface area contributed by atoms with Gasteiger partial charge >= 0.3 is 0 Å². The molecule has 2 nitrogen and oxygen atoms in total. The smallest absolute Gasteiger partial charge is 0.0950 e. The molecule has 0 unspecified atom stereocenters. The van der Waals surface area contributed by atoms with Gasteiger partial charge in [0.1, 0.15) is 0 Å². The summed E-state index contributed by atoms with van der Waals surface area (Å²) in [4.78, 5) is 4.35. The summed E-state index contributed by atoms with van der Waals surface area (Å²) in [7, 11) is 1.99. The van der Waals surface area contributed by atoms with Gasteiger partial charge in [-0.3, -0.25) is 0 Å². The highest BCUT2D eigenvalue weighted by atomic mass is 79.9. The number of benzene rings is 1. The lowest BCUT2D eigenvalue weighted by Crippen LogP contribution is -1.81. The maximum Gasteiger partial charge on any atom is 0.0950 e. The molecule has 86 valence electrons. The van der Waals surface area contributed by atoms with Gasteiger partial charge in [-0.15, -0.1) is 0 Å².